The molecule has 1 aromatic rings. The van der Waals surface area contributed by atoms with Gasteiger partial charge in [-0.15, -0.1) is 0 Å². The maximum absolute atomic E-state index is 13.5. The topological polar surface area (TPSA) is 282 Å². The number of nitrogens with zero attached hydrogens (tertiary/aromatic N) is 1. The van der Waals surface area contributed by atoms with E-state index in [1.165, 1.54) is 4.90 Å². The van der Waals surface area contributed by atoms with E-state index < -0.39 is 42.1 Å². The summed E-state index contributed by atoms with van der Waals surface area (Å²) in [6.07, 6.45) is -0.904. The first-order chi connectivity index (χ1) is 25.4. The molecule has 0 aliphatic heterocycles. The predicted octanol–water partition coefficient (Wildman–Crippen LogP) is 1.37. The molecule has 0 heterocycles. The lowest BCUT2D eigenvalue weighted by atomic mass is 10.1. The van der Waals surface area contributed by atoms with Crippen molar-refractivity contribution in [2.45, 2.75) is 83.3 Å². The summed E-state index contributed by atoms with van der Waals surface area (Å²) >= 11 is 0. The molecular weight excluding hydrogens is 698 g/mol. The van der Waals surface area contributed by atoms with Crippen LogP contribution in [0.3, 0.4) is 0 Å². The Morgan fingerprint density at radius 3 is 1.47 bits per heavy atom. The summed E-state index contributed by atoms with van der Waals surface area (Å²) in [6, 6.07) is 7.72. The zero-order valence-electron chi connectivity index (χ0n) is 29.9. The lowest BCUT2D eigenvalue weighted by molar-refractivity contribution is -0.149. The van der Waals surface area contributed by atoms with Crippen LogP contribution in [0.1, 0.15) is 76.2 Å². The van der Waals surface area contributed by atoms with E-state index in [4.69, 9.17) is 20.1 Å². The molecule has 53 heavy (non-hydrogen) atoms. The van der Waals surface area contributed by atoms with Gasteiger partial charge in [-0.25, -0.2) is 19.2 Å². The molecule has 0 unspecified atom stereocenters. The number of unbranched alkanes of at least 4 members (excludes halogenated alkanes) is 3. The quantitative estimate of drug-likeness (QED) is 0.0434. The average molecular weight is 752 g/mol. The van der Waals surface area contributed by atoms with Crippen molar-refractivity contribution in [3.8, 4) is 0 Å². The molecule has 1 rings (SSSR count). The molecule has 296 valence electrons. The van der Waals surface area contributed by atoms with Gasteiger partial charge in [0.1, 0.15) is 12.6 Å². The van der Waals surface area contributed by atoms with Gasteiger partial charge in [-0.1, -0.05) is 30.3 Å². The van der Waals surface area contributed by atoms with E-state index in [-0.39, 0.29) is 96.3 Å². The Kier molecular flexibility index (Phi) is 24.0. The monoisotopic (exact) mass is 751 g/mol. The van der Waals surface area contributed by atoms with Crippen LogP contribution in [0.4, 0.5) is 14.4 Å². The molecule has 0 spiro atoms. The Morgan fingerprint density at radius 2 is 1.02 bits per heavy atom. The molecular formula is C34H53N7O12. The van der Waals surface area contributed by atoms with Crippen molar-refractivity contribution >= 4 is 47.9 Å². The van der Waals surface area contributed by atoms with Crippen LogP contribution in [0, 0.1) is 0 Å². The SMILES string of the molecule is O=C(O)NCCCCC(=O)NCCN(CCNC(=O)CCCCNC(=O)O)C(=O)CC[C@H](NC(=O)CCCCNC(=O)O)C(=O)OCc1ccccc1. The zero-order chi connectivity index (χ0) is 39.3. The summed E-state index contributed by atoms with van der Waals surface area (Å²) in [5.74, 6) is -2.22. The molecule has 0 radical (unpaired) electrons. The number of carbonyl (C=O) groups excluding carboxylic acids is 5. The number of hydrogen-bond acceptors (Lipinski definition) is 9. The maximum Gasteiger partial charge on any atom is 0.404 e. The highest BCUT2D eigenvalue weighted by atomic mass is 16.5. The highest BCUT2D eigenvalue weighted by molar-refractivity contribution is 5.85. The van der Waals surface area contributed by atoms with Crippen molar-refractivity contribution in [3.05, 3.63) is 35.9 Å². The van der Waals surface area contributed by atoms with Crippen LogP contribution in [0.2, 0.25) is 0 Å². The fourth-order valence-corrected chi connectivity index (χ4v) is 4.79. The minimum atomic E-state index is -1.18. The molecule has 1 aromatic carbocycles. The fraction of sp³-hybridized carbons (Fsp3) is 0.588. The van der Waals surface area contributed by atoms with E-state index >= 15 is 0 Å². The van der Waals surface area contributed by atoms with Gasteiger partial charge < -0.3 is 56.9 Å². The third-order valence-corrected chi connectivity index (χ3v) is 7.57. The van der Waals surface area contributed by atoms with Crippen molar-refractivity contribution in [1.82, 2.24) is 36.8 Å². The number of amides is 7. The highest BCUT2D eigenvalue weighted by Crippen LogP contribution is 2.09. The van der Waals surface area contributed by atoms with Gasteiger partial charge >= 0.3 is 24.2 Å². The number of rotatable bonds is 28. The van der Waals surface area contributed by atoms with Crippen LogP contribution < -0.4 is 31.9 Å². The minimum absolute atomic E-state index is 0.00930. The lowest BCUT2D eigenvalue weighted by Crippen LogP contribution is -2.45. The molecule has 0 saturated carbocycles. The standard InChI is InChI=1S/C34H53N7O12/c42-27(12-4-7-17-37-32(47)48)35-20-22-41(23-21-36-28(43)13-5-8-18-38-33(49)50)30(45)16-15-26(31(46)53-24-25-10-2-1-3-11-25)40-29(44)14-6-9-19-39-34(51)52/h1-3,10-11,26,37-39H,4-9,12-24H2,(H,35,42)(H,36,43)(H,40,44)(H,47,48)(H,49,50)(H,51,52)/t26-/m0/s1. The van der Waals surface area contributed by atoms with Crippen molar-refractivity contribution < 1.29 is 58.4 Å². The molecule has 0 aliphatic rings. The van der Waals surface area contributed by atoms with Crippen LogP contribution in [-0.4, -0.2) is 120 Å². The van der Waals surface area contributed by atoms with Crippen LogP contribution in [-0.2, 0) is 35.3 Å². The normalized spacial score (nSPS) is 10.9. The Labute approximate surface area is 307 Å². The van der Waals surface area contributed by atoms with Gasteiger partial charge in [0.05, 0.1) is 0 Å². The van der Waals surface area contributed by atoms with E-state index in [0.717, 1.165) is 5.56 Å². The summed E-state index contributed by atoms with van der Waals surface area (Å²) in [5.41, 5.74) is 0.719. The van der Waals surface area contributed by atoms with Crippen LogP contribution >= 0.6 is 0 Å². The fourth-order valence-electron chi connectivity index (χ4n) is 4.79. The second-order valence-electron chi connectivity index (χ2n) is 11.9. The van der Waals surface area contributed by atoms with Gasteiger partial charge in [-0.3, -0.25) is 19.2 Å². The van der Waals surface area contributed by atoms with Crippen LogP contribution in [0.5, 0.6) is 0 Å². The first kappa shape index (κ1) is 45.4. The number of carbonyl (C=O) groups is 8. The first-order valence-electron chi connectivity index (χ1n) is 17.6. The molecule has 1 atom stereocenters. The number of hydrogen-bond donors (Lipinski definition) is 9. The minimum Gasteiger partial charge on any atom is -0.465 e. The lowest BCUT2D eigenvalue weighted by Gasteiger charge is -2.24. The third kappa shape index (κ3) is 25.1. The van der Waals surface area contributed by atoms with E-state index in [1.54, 1.807) is 30.3 Å². The van der Waals surface area contributed by atoms with Crippen molar-refractivity contribution in [2.24, 2.45) is 0 Å². The Bertz CT molecular complexity index is 1270. The van der Waals surface area contributed by atoms with E-state index in [9.17, 15) is 38.4 Å². The number of carboxylic acid groups (broad SMARTS) is 3. The number of esters is 1. The maximum atomic E-state index is 13.5. The smallest absolute Gasteiger partial charge is 0.404 e. The van der Waals surface area contributed by atoms with Gasteiger partial charge in [0.2, 0.25) is 23.6 Å². The predicted molar refractivity (Wildman–Crippen MR) is 190 cm³/mol. The van der Waals surface area contributed by atoms with Gasteiger partial charge in [0, 0.05) is 71.5 Å². The van der Waals surface area contributed by atoms with Crippen molar-refractivity contribution in [3.63, 3.8) is 0 Å². The molecule has 0 fully saturated rings. The Balaban J connectivity index is 2.83. The number of benzene rings is 1. The number of nitrogens with one attached hydrogen (secondary N) is 6. The molecule has 0 bridgehead atoms. The molecule has 0 aromatic heterocycles. The molecule has 7 amide bonds. The van der Waals surface area contributed by atoms with Gasteiger partial charge in [0.15, 0.2) is 0 Å². The van der Waals surface area contributed by atoms with Crippen LogP contribution in [0.25, 0.3) is 0 Å². The molecule has 19 heteroatoms. The summed E-state index contributed by atoms with van der Waals surface area (Å²) in [4.78, 5) is 97.1. The third-order valence-electron chi connectivity index (χ3n) is 7.57. The number of ether oxygens (including phenoxy) is 1. The summed E-state index contributed by atoms with van der Waals surface area (Å²) in [6.45, 7) is 0.826. The average Bonchev–Trinajstić information content (AvgIpc) is 3.11. The van der Waals surface area contributed by atoms with Crippen molar-refractivity contribution in [2.75, 3.05) is 45.8 Å². The molecule has 9 N–H and O–H groups in total. The zero-order valence-corrected chi connectivity index (χ0v) is 29.9. The molecule has 19 nitrogen and oxygen atoms in total. The highest BCUT2D eigenvalue weighted by Gasteiger charge is 2.25. The largest absolute Gasteiger partial charge is 0.465 e. The van der Waals surface area contributed by atoms with Crippen LogP contribution in [0.15, 0.2) is 30.3 Å². The second-order valence-corrected chi connectivity index (χ2v) is 11.9. The summed E-state index contributed by atoms with van der Waals surface area (Å²) in [7, 11) is 0. The van der Waals surface area contributed by atoms with Gasteiger partial charge in [-0.05, 0) is 50.5 Å². The summed E-state index contributed by atoms with van der Waals surface area (Å²) < 4.78 is 5.44. The van der Waals surface area contributed by atoms with Gasteiger partial charge in [-0.2, -0.15) is 0 Å². The molecule has 0 aliphatic carbocycles. The molecule has 0 saturated heterocycles. The first-order valence-corrected chi connectivity index (χ1v) is 17.6. The van der Waals surface area contributed by atoms with E-state index in [1.807, 2.05) is 0 Å². The van der Waals surface area contributed by atoms with Crippen molar-refractivity contribution in [1.29, 1.82) is 0 Å². The van der Waals surface area contributed by atoms with Gasteiger partial charge in [0.25, 0.3) is 0 Å². The van der Waals surface area contributed by atoms with E-state index in [0.29, 0.717) is 38.5 Å². The second kappa shape index (κ2) is 28.0. The summed E-state index contributed by atoms with van der Waals surface area (Å²) in [5, 5.41) is 40.7. The van der Waals surface area contributed by atoms with E-state index in [2.05, 4.69) is 31.9 Å². The Hall–Kier alpha value is -5.62. The Morgan fingerprint density at radius 1 is 0.566 bits per heavy atom.